The van der Waals surface area contributed by atoms with Crippen molar-refractivity contribution in [2.75, 3.05) is 18.0 Å². The minimum atomic E-state index is 0.185. The molecule has 0 saturated carbocycles. The number of phenols is 1. The average molecular weight is 281 g/mol. The van der Waals surface area contributed by atoms with E-state index in [1.165, 1.54) is 0 Å². The lowest BCUT2D eigenvalue weighted by molar-refractivity contribution is 0.424. The van der Waals surface area contributed by atoms with Gasteiger partial charge in [-0.1, -0.05) is 30.3 Å². The first-order chi connectivity index (χ1) is 10.3. The summed E-state index contributed by atoms with van der Waals surface area (Å²) in [5, 5.41) is 16.2. The molecule has 5 nitrogen and oxygen atoms in total. The molecular formula is C16H15N3O2. The third kappa shape index (κ3) is 2.01. The number of rotatable bonds is 2. The maximum absolute atomic E-state index is 10.4. The molecule has 0 spiro atoms. The molecule has 0 bridgehead atoms. The Morgan fingerprint density at radius 2 is 1.86 bits per heavy atom. The minimum Gasteiger partial charge on any atom is -0.506 e. The van der Waals surface area contributed by atoms with Crippen molar-refractivity contribution >= 4 is 16.7 Å². The number of aromatic hydroxyl groups is 1. The molecule has 4 rings (SSSR count). The van der Waals surface area contributed by atoms with Gasteiger partial charge in [0.25, 0.3) is 11.8 Å². The third-order valence-corrected chi connectivity index (χ3v) is 3.94. The van der Waals surface area contributed by atoms with E-state index < -0.39 is 0 Å². The highest BCUT2D eigenvalue weighted by Crippen LogP contribution is 2.35. The third-order valence-electron chi connectivity index (χ3n) is 3.94. The summed E-state index contributed by atoms with van der Waals surface area (Å²) in [6, 6.07) is 11.5. The molecule has 1 fully saturated rings. The smallest absolute Gasteiger partial charge is 0.266 e. The number of fused-ring (bicyclic) bond motifs is 1. The van der Waals surface area contributed by atoms with E-state index in [0.29, 0.717) is 17.4 Å². The molecule has 3 aromatic rings. The first-order valence-corrected chi connectivity index (χ1v) is 7.13. The van der Waals surface area contributed by atoms with Crippen LogP contribution in [0.3, 0.4) is 0 Å². The van der Waals surface area contributed by atoms with Gasteiger partial charge in [0.15, 0.2) is 0 Å². The molecule has 0 radical (unpaired) electrons. The number of hydrogen-bond donors (Lipinski definition) is 1. The molecule has 1 aromatic heterocycles. The zero-order valence-corrected chi connectivity index (χ0v) is 11.5. The first-order valence-electron chi connectivity index (χ1n) is 7.13. The zero-order chi connectivity index (χ0) is 14.2. The van der Waals surface area contributed by atoms with E-state index in [2.05, 4.69) is 15.0 Å². The fourth-order valence-corrected chi connectivity index (χ4v) is 2.80. The summed E-state index contributed by atoms with van der Waals surface area (Å²) < 4.78 is 5.33. The summed E-state index contributed by atoms with van der Waals surface area (Å²) in [6.45, 7) is 1.92. The van der Waals surface area contributed by atoms with Gasteiger partial charge in [0.2, 0.25) is 0 Å². The summed E-state index contributed by atoms with van der Waals surface area (Å²) in [4.78, 5) is 6.52. The van der Waals surface area contributed by atoms with Crippen molar-refractivity contribution in [3.8, 4) is 17.2 Å². The molecule has 21 heavy (non-hydrogen) atoms. The number of anilines is 1. The molecule has 5 heteroatoms. The lowest BCUT2D eigenvalue weighted by Crippen LogP contribution is -2.18. The van der Waals surface area contributed by atoms with Crippen LogP contribution >= 0.6 is 0 Å². The summed E-state index contributed by atoms with van der Waals surface area (Å²) in [7, 11) is 0. The lowest BCUT2D eigenvalue weighted by atomic mass is 10.1. The van der Waals surface area contributed by atoms with Gasteiger partial charge in [-0.3, -0.25) is 0 Å². The summed E-state index contributed by atoms with van der Waals surface area (Å²) in [6.07, 6.45) is 2.32. The molecule has 1 aliphatic heterocycles. The Labute approximate surface area is 121 Å². The number of phenolic OH excluding ortho intramolecular Hbond substituents is 1. The molecule has 2 heterocycles. The van der Waals surface area contributed by atoms with E-state index in [1.807, 2.05) is 36.4 Å². The van der Waals surface area contributed by atoms with Crippen molar-refractivity contribution in [1.29, 1.82) is 0 Å². The Hall–Kier alpha value is -2.56. The van der Waals surface area contributed by atoms with E-state index in [4.69, 9.17) is 4.52 Å². The quantitative estimate of drug-likeness (QED) is 0.781. The lowest BCUT2D eigenvalue weighted by Gasteiger charge is -2.09. The van der Waals surface area contributed by atoms with E-state index in [0.717, 1.165) is 36.7 Å². The van der Waals surface area contributed by atoms with Gasteiger partial charge in [-0.25, -0.2) is 0 Å². The molecule has 2 aromatic carbocycles. The highest BCUT2D eigenvalue weighted by Gasteiger charge is 2.20. The fourth-order valence-electron chi connectivity index (χ4n) is 2.80. The van der Waals surface area contributed by atoms with Crippen LogP contribution in [0.15, 0.2) is 40.9 Å². The normalized spacial score (nSPS) is 15.0. The van der Waals surface area contributed by atoms with Gasteiger partial charge >= 0.3 is 0 Å². The van der Waals surface area contributed by atoms with E-state index >= 15 is 0 Å². The molecule has 1 N–H and O–H groups in total. The Morgan fingerprint density at radius 3 is 2.71 bits per heavy atom. The Balaban J connectivity index is 1.77. The minimum absolute atomic E-state index is 0.185. The topological polar surface area (TPSA) is 62.4 Å². The second-order valence-electron chi connectivity index (χ2n) is 5.28. The Bertz CT molecular complexity index is 791. The Kier molecular flexibility index (Phi) is 2.77. The Morgan fingerprint density at radius 1 is 1.05 bits per heavy atom. The molecule has 0 amide bonds. The van der Waals surface area contributed by atoms with Crippen molar-refractivity contribution in [2.45, 2.75) is 12.8 Å². The largest absolute Gasteiger partial charge is 0.506 e. The van der Waals surface area contributed by atoms with Crippen LogP contribution in [0, 0.1) is 0 Å². The monoisotopic (exact) mass is 281 g/mol. The number of benzene rings is 2. The van der Waals surface area contributed by atoms with Gasteiger partial charge in [-0.05, 0) is 29.5 Å². The molecule has 0 aliphatic carbocycles. The summed E-state index contributed by atoms with van der Waals surface area (Å²) in [5.41, 5.74) is 0.576. The van der Waals surface area contributed by atoms with Crippen LogP contribution < -0.4 is 4.90 Å². The van der Waals surface area contributed by atoms with Gasteiger partial charge < -0.3 is 14.5 Å². The highest BCUT2D eigenvalue weighted by atomic mass is 16.5. The van der Waals surface area contributed by atoms with E-state index in [-0.39, 0.29) is 5.75 Å². The zero-order valence-electron chi connectivity index (χ0n) is 11.5. The van der Waals surface area contributed by atoms with Crippen LogP contribution in [0.25, 0.3) is 22.2 Å². The van der Waals surface area contributed by atoms with Gasteiger partial charge in [-0.2, -0.15) is 4.98 Å². The van der Waals surface area contributed by atoms with Crippen molar-refractivity contribution in [3.63, 3.8) is 0 Å². The highest BCUT2D eigenvalue weighted by molar-refractivity contribution is 5.93. The molecule has 1 aliphatic rings. The van der Waals surface area contributed by atoms with Crippen LogP contribution in [0.4, 0.5) is 5.95 Å². The van der Waals surface area contributed by atoms with Crippen LogP contribution in [-0.2, 0) is 0 Å². The van der Waals surface area contributed by atoms with Crippen molar-refractivity contribution in [1.82, 2.24) is 10.1 Å². The molecular weight excluding hydrogens is 266 g/mol. The van der Waals surface area contributed by atoms with E-state index in [9.17, 15) is 5.11 Å². The number of nitrogens with zero attached hydrogens (tertiary/aromatic N) is 3. The maximum Gasteiger partial charge on any atom is 0.266 e. The van der Waals surface area contributed by atoms with Crippen molar-refractivity contribution < 1.29 is 9.63 Å². The first kappa shape index (κ1) is 12.2. The second kappa shape index (κ2) is 4.77. The van der Waals surface area contributed by atoms with Gasteiger partial charge in [0, 0.05) is 18.5 Å². The van der Waals surface area contributed by atoms with Gasteiger partial charge in [-0.15, -0.1) is 0 Å². The fraction of sp³-hybridized carbons (Fsp3) is 0.250. The number of aromatic nitrogens is 2. The predicted octanol–water partition coefficient (Wildman–Crippen LogP) is 3.20. The van der Waals surface area contributed by atoms with Crippen LogP contribution in [0.1, 0.15) is 12.8 Å². The summed E-state index contributed by atoms with van der Waals surface area (Å²) in [5.74, 6) is 1.15. The molecule has 1 saturated heterocycles. The summed E-state index contributed by atoms with van der Waals surface area (Å²) >= 11 is 0. The SMILES string of the molecule is Oc1c(-c2nc(N3CCCC3)no2)ccc2ccccc12. The average Bonchev–Trinajstić information content (AvgIpc) is 3.19. The van der Waals surface area contributed by atoms with Gasteiger partial charge in [0.05, 0.1) is 5.56 Å². The van der Waals surface area contributed by atoms with Crippen molar-refractivity contribution in [3.05, 3.63) is 36.4 Å². The maximum atomic E-state index is 10.4. The molecule has 106 valence electrons. The molecule has 0 atom stereocenters. The van der Waals surface area contributed by atoms with Gasteiger partial charge in [0.1, 0.15) is 5.75 Å². The van der Waals surface area contributed by atoms with Crippen LogP contribution in [0.5, 0.6) is 5.75 Å². The van der Waals surface area contributed by atoms with Crippen molar-refractivity contribution in [2.24, 2.45) is 0 Å². The standard InChI is InChI=1S/C16H15N3O2/c20-14-12-6-2-1-5-11(12)7-8-13(14)15-17-16(18-21-15)19-9-3-4-10-19/h1-2,5-8,20H,3-4,9-10H2. The number of hydrogen-bond acceptors (Lipinski definition) is 5. The van der Waals surface area contributed by atoms with E-state index in [1.54, 1.807) is 0 Å². The second-order valence-corrected chi connectivity index (χ2v) is 5.28. The van der Waals surface area contributed by atoms with Crippen LogP contribution in [-0.4, -0.2) is 28.3 Å². The predicted molar refractivity (Wildman–Crippen MR) is 80.4 cm³/mol. The van der Waals surface area contributed by atoms with Crippen LogP contribution in [0.2, 0.25) is 0 Å². The molecule has 0 unspecified atom stereocenters.